The van der Waals surface area contributed by atoms with Crippen molar-refractivity contribution >= 4 is 16.7 Å². The maximum Gasteiger partial charge on any atom is 0.159 e. The number of aromatic nitrogens is 2. The monoisotopic (exact) mass is 249 g/mol. The highest BCUT2D eigenvalue weighted by atomic mass is 16.5. The molecule has 1 fully saturated rings. The highest BCUT2D eigenvalue weighted by molar-refractivity contribution is 5.88. The normalized spacial score (nSPS) is 28.0. The largest absolute Gasteiger partial charge is 0.463 e. The summed E-state index contributed by atoms with van der Waals surface area (Å²) < 4.78 is 11.3. The molecule has 2 aromatic rings. The molecule has 1 aliphatic rings. The van der Waals surface area contributed by atoms with Gasteiger partial charge in [0.15, 0.2) is 5.76 Å². The number of nitrogens with zero attached hydrogens (tertiary/aromatic N) is 2. The van der Waals surface area contributed by atoms with Crippen LogP contribution in [0, 0.1) is 5.92 Å². The van der Waals surface area contributed by atoms with Gasteiger partial charge in [0.2, 0.25) is 0 Å². The SMILES string of the molecule is CC1CC(CO)O[C@H]1c1occ2c(N)ncnc12. The zero-order chi connectivity index (χ0) is 12.7. The minimum absolute atomic E-state index is 0.0244. The standard InChI is InChI=1S/C12H15N3O3/c1-6-2-7(3-16)18-10(6)11-9-8(4-17-11)12(13)15-5-14-9/h4-7,10,16H,2-3H2,1H3,(H2,13,14,15)/t6?,7?,10-/m1/s1. The molecule has 0 bridgehead atoms. The van der Waals surface area contributed by atoms with Crippen LogP contribution in [0.15, 0.2) is 17.0 Å². The second kappa shape index (κ2) is 4.22. The molecule has 18 heavy (non-hydrogen) atoms. The number of aliphatic hydroxyl groups excluding tert-OH is 1. The van der Waals surface area contributed by atoms with E-state index in [0.717, 1.165) is 6.42 Å². The van der Waals surface area contributed by atoms with Crippen LogP contribution in [-0.4, -0.2) is 27.8 Å². The third-order valence-corrected chi connectivity index (χ3v) is 3.40. The third kappa shape index (κ3) is 1.65. The quantitative estimate of drug-likeness (QED) is 0.832. The van der Waals surface area contributed by atoms with Crippen LogP contribution in [-0.2, 0) is 4.74 Å². The minimum Gasteiger partial charge on any atom is -0.463 e. The van der Waals surface area contributed by atoms with Gasteiger partial charge in [-0.3, -0.25) is 0 Å². The van der Waals surface area contributed by atoms with E-state index in [1.165, 1.54) is 6.33 Å². The van der Waals surface area contributed by atoms with Gasteiger partial charge in [-0.25, -0.2) is 9.97 Å². The van der Waals surface area contributed by atoms with Crippen molar-refractivity contribution in [3.8, 4) is 0 Å². The Morgan fingerprint density at radius 2 is 2.33 bits per heavy atom. The fourth-order valence-corrected chi connectivity index (χ4v) is 2.47. The fourth-order valence-electron chi connectivity index (χ4n) is 2.47. The number of anilines is 1. The van der Waals surface area contributed by atoms with Crippen molar-refractivity contribution in [2.45, 2.75) is 25.6 Å². The molecule has 6 heteroatoms. The minimum atomic E-state index is -0.186. The molecule has 3 heterocycles. The predicted molar refractivity (Wildman–Crippen MR) is 64.7 cm³/mol. The van der Waals surface area contributed by atoms with E-state index in [0.29, 0.717) is 22.5 Å². The van der Waals surface area contributed by atoms with Crippen molar-refractivity contribution in [2.75, 3.05) is 12.3 Å². The maximum atomic E-state index is 9.16. The van der Waals surface area contributed by atoms with E-state index in [4.69, 9.17) is 20.0 Å². The van der Waals surface area contributed by atoms with Crippen molar-refractivity contribution in [2.24, 2.45) is 5.92 Å². The Balaban J connectivity index is 2.02. The summed E-state index contributed by atoms with van der Waals surface area (Å²) in [5, 5.41) is 9.86. The molecular formula is C12H15N3O3. The van der Waals surface area contributed by atoms with Crippen molar-refractivity contribution in [3.63, 3.8) is 0 Å². The maximum absolute atomic E-state index is 9.16. The third-order valence-electron chi connectivity index (χ3n) is 3.40. The second-order valence-electron chi connectivity index (χ2n) is 4.70. The lowest BCUT2D eigenvalue weighted by atomic mass is 9.99. The van der Waals surface area contributed by atoms with Gasteiger partial charge in [-0.1, -0.05) is 6.92 Å². The van der Waals surface area contributed by atoms with Crippen LogP contribution in [0.2, 0.25) is 0 Å². The van der Waals surface area contributed by atoms with Gasteiger partial charge in [0.05, 0.1) is 18.1 Å². The molecule has 1 aliphatic heterocycles. The van der Waals surface area contributed by atoms with Crippen LogP contribution in [0.5, 0.6) is 0 Å². The molecule has 2 aromatic heterocycles. The van der Waals surface area contributed by atoms with Gasteiger partial charge >= 0.3 is 0 Å². The summed E-state index contributed by atoms with van der Waals surface area (Å²) in [7, 11) is 0. The first-order valence-corrected chi connectivity index (χ1v) is 5.94. The Bertz CT molecular complexity index is 569. The second-order valence-corrected chi connectivity index (χ2v) is 4.70. The molecule has 0 radical (unpaired) electrons. The van der Waals surface area contributed by atoms with Crippen LogP contribution < -0.4 is 5.73 Å². The molecule has 0 spiro atoms. The van der Waals surface area contributed by atoms with Gasteiger partial charge in [-0.15, -0.1) is 0 Å². The molecule has 1 saturated heterocycles. The molecule has 0 aromatic carbocycles. The number of hydrogen-bond acceptors (Lipinski definition) is 6. The van der Waals surface area contributed by atoms with Crippen molar-refractivity contribution in [1.29, 1.82) is 0 Å². The molecular weight excluding hydrogens is 234 g/mol. The Morgan fingerprint density at radius 1 is 1.50 bits per heavy atom. The first-order chi connectivity index (χ1) is 8.70. The summed E-state index contributed by atoms with van der Waals surface area (Å²) in [5.41, 5.74) is 6.46. The zero-order valence-corrected chi connectivity index (χ0v) is 10.0. The smallest absolute Gasteiger partial charge is 0.159 e. The highest BCUT2D eigenvalue weighted by Crippen LogP contribution is 2.41. The van der Waals surface area contributed by atoms with E-state index in [1.807, 2.05) is 0 Å². The Kier molecular flexibility index (Phi) is 2.68. The average molecular weight is 249 g/mol. The molecule has 6 nitrogen and oxygen atoms in total. The van der Waals surface area contributed by atoms with E-state index < -0.39 is 0 Å². The molecule has 2 unspecified atom stereocenters. The van der Waals surface area contributed by atoms with Gasteiger partial charge in [0, 0.05) is 0 Å². The summed E-state index contributed by atoms with van der Waals surface area (Å²) in [4.78, 5) is 8.13. The first kappa shape index (κ1) is 11.4. The van der Waals surface area contributed by atoms with Gasteiger partial charge < -0.3 is 20.0 Å². The van der Waals surface area contributed by atoms with Crippen molar-refractivity contribution in [1.82, 2.24) is 9.97 Å². The summed E-state index contributed by atoms with van der Waals surface area (Å²) >= 11 is 0. The number of fused-ring (bicyclic) bond motifs is 1. The number of nitrogen functional groups attached to an aromatic ring is 1. The molecule has 0 saturated carbocycles. The Labute approximate surface area is 104 Å². The summed E-state index contributed by atoms with van der Waals surface area (Å²) in [5.74, 6) is 1.34. The summed E-state index contributed by atoms with van der Waals surface area (Å²) in [6, 6.07) is 0. The molecule has 96 valence electrons. The van der Waals surface area contributed by atoms with Crippen LogP contribution in [0.3, 0.4) is 0 Å². The Morgan fingerprint density at radius 3 is 3.06 bits per heavy atom. The lowest BCUT2D eigenvalue weighted by Crippen LogP contribution is -2.11. The number of rotatable bonds is 2. The van der Waals surface area contributed by atoms with E-state index in [2.05, 4.69) is 16.9 Å². The Hall–Kier alpha value is -1.66. The van der Waals surface area contributed by atoms with Gasteiger partial charge in [0.1, 0.15) is 30.0 Å². The first-order valence-electron chi connectivity index (χ1n) is 5.94. The van der Waals surface area contributed by atoms with Crippen LogP contribution in [0.25, 0.3) is 10.9 Å². The van der Waals surface area contributed by atoms with Crippen molar-refractivity contribution < 1.29 is 14.3 Å². The van der Waals surface area contributed by atoms with Crippen LogP contribution >= 0.6 is 0 Å². The number of aliphatic hydroxyl groups is 1. The fraction of sp³-hybridized carbons (Fsp3) is 0.500. The van der Waals surface area contributed by atoms with E-state index in [-0.39, 0.29) is 24.7 Å². The van der Waals surface area contributed by atoms with Crippen LogP contribution in [0.1, 0.15) is 25.2 Å². The molecule has 3 atom stereocenters. The van der Waals surface area contributed by atoms with Gasteiger partial charge in [-0.2, -0.15) is 0 Å². The van der Waals surface area contributed by atoms with E-state index in [9.17, 15) is 0 Å². The van der Waals surface area contributed by atoms with Crippen molar-refractivity contribution in [3.05, 3.63) is 18.4 Å². The summed E-state index contributed by atoms with van der Waals surface area (Å²) in [6.45, 7) is 2.09. The molecule has 3 N–H and O–H groups in total. The van der Waals surface area contributed by atoms with E-state index in [1.54, 1.807) is 6.26 Å². The number of hydrogen-bond donors (Lipinski definition) is 2. The predicted octanol–water partition coefficient (Wildman–Crippen LogP) is 1.26. The van der Waals surface area contributed by atoms with Crippen LogP contribution in [0.4, 0.5) is 5.82 Å². The van der Waals surface area contributed by atoms with Gasteiger partial charge in [0.25, 0.3) is 0 Å². The lowest BCUT2D eigenvalue weighted by molar-refractivity contribution is -0.00363. The zero-order valence-electron chi connectivity index (χ0n) is 10.0. The molecule has 0 amide bonds. The number of furan rings is 1. The number of nitrogens with two attached hydrogens (primary N) is 1. The topological polar surface area (TPSA) is 94.4 Å². The van der Waals surface area contributed by atoms with E-state index >= 15 is 0 Å². The number of ether oxygens (including phenoxy) is 1. The lowest BCUT2D eigenvalue weighted by Gasteiger charge is -2.12. The highest BCUT2D eigenvalue weighted by Gasteiger charge is 2.36. The summed E-state index contributed by atoms with van der Waals surface area (Å²) in [6.07, 6.45) is 3.46. The average Bonchev–Trinajstić information content (AvgIpc) is 2.93. The molecule has 0 aliphatic carbocycles. The molecule has 3 rings (SSSR count). The van der Waals surface area contributed by atoms with Gasteiger partial charge in [-0.05, 0) is 12.3 Å².